The van der Waals surface area contributed by atoms with Crippen molar-refractivity contribution in [2.24, 2.45) is 0 Å². The summed E-state index contributed by atoms with van der Waals surface area (Å²) in [6.45, 7) is 8.15. The number of nitrogens with one attached hydrogen (secondary N) is 1. The Morgan fingerprint density at radius 2 is 1.94 bits per heavy atom. The van der Waals surface area contributed by atoms with Gasteiger partial charge in [-0.15, -0.1) is 0 Å². The second-order valence-electron chi connectivity index (χ2n) is 5.31. The van der Waals surface area contributed by atoms with Gasteiger partial charge in [0.15, 0.2) is 0 Å². The molecule has 2 nitrogen and oxygen atoms in total. The number of benzene rings is 1. The van der Waals surface area contributed by atoms with E-state index in [2.05, 4.69) is 54.4 Å². The number of rotatable bonds is 5. The van der Waals surface area contributed by atoms with E-state index in [0.29, 0.717) is 6.04 Å². The van der Waals surface area contributed by atoms with Crippen LogP contribution in [0.25, 0.3) is 0 Å². The highest BCUT2D eigenvalue weighted by Gasteiger charge is 2.23. The van der Waals surface area contributed by atoms with Crippen LogP contribution in [0.15, 0.2) is 30.3 Å². The minimum atomic E-state index is 0.613. The fraction of sp³-hybridized carbons (Fsp3) is 0.625. The molecular weight excluding hydrogens is 220 g/mol. The topological polar surface area (TPSA) is 15.3 Å². The summed E-state index contributed by atoms with van der Waals surface area (Å²) in [6.07, 6.45) is 3.70. The van der Waals surface area contributed by atoms with Crippen LogP contribution in [0.5, 0.6) is 0 Å². The van der Waals surface area contributed by atoms with Crippen molar-refractivity contribution in [3.05, 3.63) is 35.9 Å². The normalized spacial score (nSPS) is 21.4. The van der Waals surface area contributed by atoms with E-state index in [9.17, 15) is 0 Å². The average Bonchev–Trinajstić information content (AvgIpc) is 2.42. The van der Waals surface area contributed by atoms with Crippen LogP contribution in [0.1, 0.15) is 32.3 Å². The summed E-state index contributed by atoms with van der Waals surface area (Å²) < 4.78 is 0. The molecule has 2 rings (SSSR count). The van der Waals surface area contributed by atoms with Crippen molar-refractivity contribution in [2.75, 3.05) is 19.6 Å². The monoisotopic (exact) mass is 246 g/mol. The first kappa shape index (κ1) is 13.6. The minimum absolute atomic E-state index is 0.613. The van der Waals surface area contributed by atoms with E-state index in [-0.39, 0.29) is 0 Å². The lowest BCUT2D eigenvalue weighted by Crippen LogP contribution is -2.54. The van der Waals surface area contributed by atoms with Gasteiger partial charge in [-0.05, 0) is 24.8 Å². The molecule has 100 valence electrons. The zero-order chi connectivity index (χ0) is 12.8. The molecule has 1 aromatic carbocycles. The highest BCUT2D eigenvalue weighted by atomic mass is 15.2. The van der Waals surface area contributed by atoms with Gasteiger partial charge in [0.05, 0.1) is 0 Å². The highest BCUT2D eigenvalue weighted by molar-refractivity contribution is 5.16. The molecule has 1 aliphatic rings. The van der Waals surface area contributed by atoms with Gasteiger partial charge in [0.2, 0.25) is 0 Å². The predicted octanol–water partition coefficient (Wildman–Crippen LogP) is 2.69. The molecule has 1 unspecified atom stereocenters. The largest absolute Gasteiger partial charge is 0.311 e. The zero-order valence-electron chi connectivity index (χ0n) is 11.7. The van der Waals surface area contributed by atoms with Crippen molar-refractivity contribution in [1.29, 1.82) is 0 Å². The molecule has 1 fully saturated rings. The van der Waals surface area contributed by atoms with Crippen LogP contribution < -0.4 is 5.32 Å². The van der Waals surface area contributed by atoms with Crippen LogP contribution in [-0.4, -0.2) is 36.6 Å². The van der Waals surface area contributed by atoms with E-state index in [1.807, 2.05) is 0 Å². The molecule has 0 aromatic heterocycles. The molecular formula is C16H26N2. The van der Waals surface area contributed by atoms with Crippen molar-refractivity contribution in [2.45, 2.75) is 45.2 Å². The molecule has 2 heteroatoms. The van der Waals surface area contributed by atoms with Gasteiger partial charge in [-0.25, -0.2) is 0 Å². The Morgan fingerprint density at radius 3 is 2.61 bits per heavy atom. The standard InChI is InChI=1S/C16H26N2/c1-3-16(4-2)18-11-10-17-15(13-18)12-14-8-6-5-7-9-14/h5-9,15-17H,3-4,10-13H2,1-2H3. The van der Waals surface area contributed by atoms with Gasteiger partial charge in [-0.1, -0.05) is 44.2 Å². The molecule has 1 aromatic rings. The van der Waals surface area contributed by atoms with Crippen LogP contribution >= 0.6 is 0 Å². The van der Waals surface area contributed by atoms with Gasteiger partial charge in [0.25, 0.3) is 0 Å². The summed E-state index contributed by atoms with van der Waals surface area (Å²) in [4.78, 5) is 2.67. The van der Waals surface area contributed by atoms with Gasteiger partial charge in [0.1, 0.15) is 0 Å². The van der Waals surface area contributed by atoms with Crippen molar-refractivity contribution in [1.82, 2.24) is 10.2 Å². The Kier molecular flexibility index (Phi) is 5.21. The fourth-order valence-corrected chi connectivity index (χ4v) is 3.02. The summed E-state index contributed by atoms with van der Waals surface area (Å²) in [7, 11) is 0. The second-order valence-corrected chi connectivity index (χ2v) is 5.31. The Morgan fingerprint density at radius 1 is 1.22 bits per heavy atom. The molecule has 1 saturated heterocycles. The Balaban J connectivity index is 1.90. The molecule has 0 bridgehead atoms. The number of piperazine rings is 1. The first-order valence-electron chi connectivity index (χ1n) is 7.34. The molecule has 18 heavy (non-hydrogen) atoms. The van der Waals surface area contributed by atoms with Crippen LogP contribution in [0.2, 0.25) is 0 Å². The van der Waals surface area contributed by atoms with Gasteiger partial charge < -0.3 is 5.32 Å². The maximum atomic E-state index is 3.66. The summed E-state index contributed by atoms with van der Waals surface area (Å²) in [6, 6.07) is 12.2. The van der Waals surface area contributed by atoms with E-state index in [1.54, 1.807) is 0 Å². The zero-order valence-corrected chi connectivity index (χ0v) is 11.7. The smallest absolute Gasteiger partial charge is 0.0236 e. The SMILES string of the molecule is CCC(CC)N1CCNC(Cc2ccccc2)C1. The minimum Gasteiger partial charge on any atom is -0.311 e. The third kappa shape index (κ3) is 3.56. The van der Waals surface area contributed by atoms with E-state index in [1.165, 1.54) is 31.5 Å². The predicted molar refractivity (Wildman–Crippen MR) is 77.9 cm³/mol. The summed E-state index contributed by atoms with van der Waals surface area (Å²) in [5, 5.41) is 3.66. The molecule has 1 N–H and O–H groups in total. The number of nitrogens with zero attached hydrogens (tertiary/aromatic N) is 1. The van der Waals surface area contributed by atoms with Crippen LogP contribution in [0, 0.1) is 0 Å². The maximum absolute atomic E-state index is 3.66. The van der Waals surface area contributed by atoms with Gasteiger partial charge >= 0.3 is 0 Å². The van der Waals surface area contributed by atoms with Crippen molar-refractivity contribution >= 4 is 0 Å². The van der Waals surface area contributed by atoms with Gasteiger partial charge in [0, 0.05) is 31.7 Å². The third-order valence-electron chi connectivity index (χ3n) is 4.07. The van der Waals surface area contributed by atoms with Crippen molar-refractivity contribution in [3.63, 3.8) is 0 Å². The molecule has 1 atom stereocenters. The van der Waals surface area contributed by atoms with E-state index in [0.717, 1.165) is 19.0 Å². The van der Waals surface area contributed by atoms with Crippen molar-refractivity contribution < 1.29 is 0 Å². The van der Waals surface area contributed by atoms with Crippen LogP contribution in [-0.2, 0) is 6.42 Å². The van der Waals surface area contributed by atoms with Crippen molar-refractivity contribution in [3.8, 4) is 0 Å². The van der Waals surface area contributed by atoms with Gasteiger partial charge in [-0.2, -0.15) is 0 Å². The lowest BCUT2D eigenvalue weighted by Gasteiger charge is -2.38. The summed E-state index contributed by atoms with van der Waals surface area (Å²) >= 11 is 0. The molecule has 0 saturated carbocycles. The lowest BCUT2D eigenvalue weighted by atomic mass is 10.0. The Labute approximate surface area is 111 Å². The first-order valence-corrected chi connectivity index (χ1v) is 7.34. The summed E-state index contributed by atoms with van der Waals surface area (Å²) in [5.41, 5.74) is 1.45. The molecule has 0 aliphatic carbocycles. The average molecular weight is 246 g/mol. The highest BCUT2D eigenvalue weighted by Crippen LogP contribution is 2.13. The summed E-state index contributed by atoms with van der Waals surface area (Å²) in [5.74, 6) is 0. The van der Waals surface area contributed by atoms with Gasteiger partial charge in [-0.3, -0.25) is 4.90 Å². The second kappa shape index (κ2) is 6.91. The molecule has 0 spiro atoms. The fourth-order valence-electron chi connectivity index (χ4n) is 3.02. The Hall–Kier alpha value is -0.860. The van der Waals surface area contributed by atoms with Crippen LogP contribution in [0.4, 0.5) is 0 Å². The molecule has 1 heterocycles. The molecule has 1 aliphatic heterocycles. The van der Waals surface area contributed by atoms with E-state index >= 15 is 0 Å². The lowest BCUT2D eigenvalue weighted by molar-refractivity contribution is 0.136. The maximum Gasteiger partial charge on any atom is 0.0236 e. The van der Waals surface area contributed by atoms with E-state index in [4.69, 9.17) is 0 Å². The Bertz CT molecular complexity index is 332. The van der Waals surface area contributed by atoms with Crippen LogP contribution in [0.3, 0.4) is 0 Å². The first-order chi connectivity index (χ1) is 8.83. The third-order valence-corrected chi connectivity index (χ3v) is 4.07. The molecule has 0 amide bonds. The van der Waals surface area contributed by atoms with E-state index < -0.39 is 0 Å². The molecule has 0 radical (unpaired) electrons. The number of hydrogen-bond donors (Lipinski definition) is 1. The quantitative estimate of drug-likeness (QED) is 0.859. The number of hydrogen-bond acceptors (Lipinski definition) is 2.